The Balaban J connectivity index is 4.75. The molecule has 18 heteroatoms. The molecule has 0 fully saturated rings. The van der Waals surface area contributed by atoms with E-state index in [4.69, 9.17) is 32.3 Å². The van der Waals surface area contributed by atoms with Crippen LogP contribution in [0.1, 0.15) is 303 Å². The van der Waals surface area contributed by atoms with Crippen molar-refractivity contribution in [3.8, 4) is 0 Å². The molecular formula is C85H142O16P2. The molecule has 5 unspecified atom stereocenters. The Morgan fingerprint density at radius 3 is 0.816 bits per heavy atom. The number of hydrogen-bond donors (Lipinski definition) is 4. The topological polar surface area (TPSA) is 231 Å². The number of ether oxygens (including phenoxy) is 3. The lowest BCUT2D eigenvalue weighted by Gasteiger charge is -2.21. The summed E-state index contributed by atoms with van der Waals surface area (Å²) in [5.74, 6) is -1.62. The number of rotatable bonds is 74. The highest BCUT2D eigenvalue weighted by molar-refractivity contribution is 7.47. The highest BCUT2D eigenvalue weighted by Crippen LogP contribution is 2.45. The Morgan fingerprint density at radius 1 is 0.282 bits per heavy atom. The van der Waals surface area contributed by atoms with Gasteiger partial charge in [0.25, 0.3) is 0 Å². The minimum Gasteiger partial charge on any atom is -0.463 e. The van der Waals surface area contributed by atoms with E-state index in [1.807, 2.05) is 0 Å². The average Bonchev–Trinajstić information content (AvgIpc) is 0.922. The molecule has 5 atom stereocenters. The Hall–Kier alpha value is -4.83. The Morgan fingerprint density at radius 2 is 0.515 bits per heavy atom. The molecule has 0 aromatic rings. The molecule has 0 heterocycles. The molecule has 103 heavy (non-hydrogen) atoms. The van der Waals surface area contributed by atoms with Crippen LogP contribution in [0.2, 0.25) is 0 Å². The van der Waals surface area contributed by atoms with Crippen LogP contribution in [0.25, 0.3) is 0 Å². The van der Waals surface area contributed by atoms with Gasteiger partial charge in [0.2, 0.25) is 0 Å². The SMILES string of the molecule is CC/C=C\C/C=C\C/C=C\C/C=C\C/C=C\CCCCCCCCCC(=O)OCC(O)COP(=O)(O)OCC(O)COP(=O)(O)OCC(COC(=O)CCCCCCCCC/C=C\C/C=C\C/C=C\C/C=C\CCCCC)OC(=O)CCCCCCC/C=C\C/C=C\C/C=C\C/C=C\CCCCC. The molecule has 0 amide bonds. The first kappa shape index (κ1) is 98.2. The lowest BCUT2D eigenvalue weighted by Crippen LogP contribution is -2.30. The van der Waals surface area contributed by atoms with Crippen molar-refractivity contribution in [2.75, 3.05) is 39.6 Å². The van der Waals surface area contributed by atoms with Gasteiger partial charge in [0.15, 0.2) is 6.10 Å². The third-order valence-corrected chi connectivity index (χ3v) is 18.1. The van der Waals surface area contributed by atoms with E-state index in [1.165, 1.54) is 44.9 Å². The van der Waals surface area contributed by atoms with Crippen LogP contribution in [0, 0.1) is 0 Å². The minimum absolute atomic E-state index is 0.0754. The smallest absolute Gasteiger partial charge is 0.463 e. The van der Waals surface area contributed by atoms with Gasteiger partial charge in [0.1, 0.15) is 25.4 Å². The van der Waals surface area contributed by atoms with Crippen molar-refractivity contribution in [3.05, 3.63) is 158 Å². The molecule has 0 aliphatic rings. The number of aliphatic hydroxyl groups excluding tert-OH is 2. The molecule has 0 aromatic carbocycles. The van der Waals surface area contributed by atoms with Gasteiger partial charge in [-0.2, -0.15) is 0 Å². The van der Waals surface area contributed by atoms with Gasteiger partial charge in [-0.1, -0.05) is 288 Å². The average molecular weight is 1480 g/mol. The van der Waals surface area contributed by atoms with Crippen molar-refractivity contribution >= 4 is 33.6 Å². The van der Waals surface area contributed by atoms with Gasteiger partial charge in [-0.3, -0.25) is 32.5 Å². The second kappa shape index (κ2) is 76.8. The van der Waals surface area contributed by atoms with E-state index in [0.717, 1.165) is 199 Å². The fourth-order valence-corrected chi connectivity index (χ4v) is 11.7. The van der Waals surface area contributed by atoms with Gasteiger partial charge < -0.3 is 34.2 Å². The number of esters is 3. The predicted octanol–water partition coefficient (Wildman–Crippen LogP) is 23.4. The fourth-order valence-electron chi connectivity index (χ4n) is 10.2. The van der Waals surface area contributed by atoms with E-state index in [-0.39, 0.29) is 19.3 Å². The van der Waals surface area contributed by atoms with E-state index in [9.17, 15) is 43.5 Å². The molecule has 0 aromatic heterocycles. The van der Waals surface area contributed by atoms with Gasteiger partial charge in [0.05, 0.1) is 26.4 Å². The summed E-state index contributed by atoms with van der Waals surface area (Å²) in [5, 5.41) is 20.6. The van der Waals surface area contributed by atoms with E-state index in [2.05, 4.69) is 179 Å². The summed E-state index contributed by atoms with van der Waals surface area (Å²) in [6.07, 6.45) is 95.5. The summed E-state index contributed by atoms with van der Waals surface area (Å²) in [6.45, 7) is 2.46. The van der Waals surface area contributed by atoms with Gasteiger partial charge >= 0.3 is 33.6 Å². The number of phosphoric ester groups is 2. The molecule has 588 valence electrons. The van der Waals surface area contributed by atoms with Crippen molar-refractivity contribution in [2.24, 2.45) is 0 Å². The Bertz CT molecular complexity index is 2500. The second-order valence-electron chi connectivity index (χ2n) is 26.1. The maximum atomic E-state index is 13.0. The van der Waals surface area contributed by atoms with Gasteiger partial charge in [-0.05, 0) is 154 Å². The third-order valence-electron chi connectivity index (χ3n) is 16.2. The van der Waals surface area contributed by atoms with Crippen LogP contribution in [-0.4, -0.2) is 95.9 Å². The van der Waals surface area contributed by atoms with Crippen LogP contribution in [0.15, 0.2) is 158 Å². The first-order valence-corrected chi connectivity index (χ1v) is 42.8. The second-order valence-corrected chi connectivity index (χ2v) is 29.0. The largest absolute Gasteiger partial charge is 0.472 e. The summed E-state index contributed by atoms with van der Waals surface area (Å²) in [6, 6.07) is 0. The maximum Gasteiger partial charge on any atom is 0.472 e. The van der Waals surface area contributed by atoms with Crippen LogP contribution in [0.3, 0.4) is 0 Å². The van der Waals surface area contributed by atoms with Crippen molar-refractivity contribution in [2.45, 2.75) is 322 Å². The standard InChI is InChI=1S/C85H142O16P2/c1-4-7-10-13-16-19-22-25-28-31-34-37-39-42-44-47-50-53-56-59-62-65-68-71-83(88)95-74-80(86)75-97-102(91,92)98-76-81(87)77-99-103(93,94)100-79-82(101-85(90)73-70-67-64-61-58-55-52-49-46-41-36-33-30-27-24-21-18-15-12-9-6-3)78-96-84(89)72-69-66-63-60-57-54-51-48-45-43-40-38-35-32-29-26-23-20-17-14-11-8-5-2/h7,10,16-21,25-30,34-38,41-45,49,52,80-82,86-87H,4-6,8-9,11-15,22-24,31-33,39-40,46-48,50-51,53-79H2,1-3H3,(H,91,92)(H,93,94)/b10-7-,19-16-,20-17-,21-18-,28-25-,29-26-,30-27-,37-34-,38-35-,41-36-,44-42-,45-43-,52-49-. The zero-order chi connectivity index (χ0) is 75.2. The van der Waals surface area contributed by atoms with Gasteiger partial charge in [0, 0.05) is 19.3 Å². The summed E-state index contributed by atoms with van der Waals surface area (Å²) in [4.78, 5) is 58.7. The molecule has 0 rings (SSSR count). The molecular weight excluding hydrogens is 1340 g/mol. The summed E-state index contributed by atoms with van der Waals surface area (Å²) in [5.41, 5.74) is 0. The summed E-state index contributed by atoms with van der Waals surface area (Å²) < 4.78 is 61.2. The number of aliphatic hydroxyl groups is 2. The van der Waals surface area contributed by atoms with Crippen LogP contribution >= 0.6 is 15.6 Å². The Labute approximate surface area is 625 Å². The molecule has 0 bridgehead atoms. The molecule has 0 saturated heterocycles. The highest BCUT2D eigenvalue weighted by Gasteiger charge is 2.29. The first-order valence-electron chi connectivity index (χ1n) is 39.8. The van der Waals surface area contributed by atoms with E-state index < -0.39 is 91.5 Å². The monoisotopic (exact) mass is 1480 g/mol. The molecule has 4 N–H and O–H groups in total. The molecule has 0 aliphatic carbocycles. The maximum absolute atomic E-state index is 13.0. The van der Waals surface area contributed by atoms with Gasteiger partial charge in [-0.15, -0.1) is 0 Å². The number of carbonyl (C=O) groups excluding carboxylic acids is 3. The van der Waals surface area contributed by atoms with Crippen LogP contribution < -0.4 is 0 Å². The predicted molar refractivity (Wildman–Crippen MR) is 426 cm³/mol. The molecule has 0 aliphatic heterocycles. The van der Waals surface area contributed by atoms with E-state index in [1.54, 1.807) is 0 Å². The van der Waals surface area contributed by atoms with Crippen LogP contribution in [0.4, 0.5) is 0 Å². The van der Waals surface area contributed by atoms with Crippen LogP contribution in [-0.2, 0) is 55.8 Å². The molecule has 0 spiro atoms. The Kier molecular flexibility index (Phi) is 73.2. The summed E-state index contributed by atoms with van der Waals surface area (Å²) in [7, 11) is -9.82. The fraction of sp³-hybridized carbons (Fsp3) is 0.659. The molecule has 16 nitrogen and oxygen atoms in total. The zero-order valence-corrected chi connectivity index (χ0v) is 66.0. The molecule has 0 radical (unpaired) electrons. The van der Waals surface area contributed by atoms with Gasteiger partial charge in [-0.25, -0.2) is 9.13 Å². The highest BCUT2D eigenvalue weighted by atomic mass is 31.2. The van der Waals surface area contributed by atoms with Crippen molar-refractivity contribution < 1.29 is 75.8 Å². The normalized spacial score (nSPS) is 14.8. The summed E-state index contributed by atoms with van der Waals surface area (Å²) >= 11 is 0. The lowest BCUT2D eigenvalue weighted by molar-refractivity contribution is -0.161. The lowest BCUT2D eigenvalue weighted by atomic mass is 10.1. The minimum atomic E-state index is -4.95. The quantitative estimate of drug-likeness (QED) is 0.0146. The third kappa shape index (κ3) is 78.1. The number of carbonyl (C=O) groups is 3. The molecule has 0 saturated carbocycles. The van der Waals surface area contributed by atoms with Crippen LogP contribution in [0.5, 0.6) is 0 Å². The number of unbranched alkanes of at least 4 members (excludes halogenated alkanes) is 25. The van der Waals surface area contributed by atoms with Crippen molar-refractivity contribution in [1.29, 1.82) is 0 Å². The number of phosphoric acid groups is 2. The van der Waals surface area contributed by atoms with Crippen molar-refractivity contribution in [1.82, 2.24) is 0 Å². The number of hydrogen-bond acceptors (Lipinski definition) is 14. The zero-order valence-electron chi connectivity index (χ0n) is 64.2. The van der Waals surface area contributed by atoms with Crippen molar-refractivity contribution in [3.63, 3.8) is 0 Å². The van der Waals surface area contributed by atoms with E-state index >= 15 is 0 Å². The number of allylic oxidation sites excluding steroid dienone is 26. The van der Waals surface area contributed by atoms with E-state index in [0.29, 0.717) is 19.3 Å². The first-order chi connectivity index (χ1) is 50.2.